The summed E-state index contributed by atoms with van der Waals surface area (Å²) in [7, 11) is 1.86. The first-order valence-corrected chi connectivity index (χ1v) is 5.95. The summed E-state index contributed by atoms with van der Waals surface area (Å²) < 4.78 is 38.4. The number of hydrogen-bond acceptors (Lipinski definition) is 2. The molecule has 1 aliphatic carbocycles. The number of thiocarbonyl (C=S) groups is 1. The molecule has 2 N–H and O–H groups in total. The van der Waals surface area contributed by atoms with Gasteiger partial charge in [-0.25, -0.2) is 0 Å². The average Bonchev–Trinajstić information content (AvgIpc) is 3.09. The molecule has 2 nitrogen and oxygen atoms in total. The summed E-state index contributed by atoms with van der Waals surface area (Å²) in [5.41, 5.74) is 5.22. The predicted molar refractivity (Wildman–Crippen MR) is 68.8 cm³/mol. The van der Waals surface area contributed by atoms with Crippen LogP contribution in [0.15, 0.2) is 18.2 Å². The van der Waals surface area contributed by atoms with E-state index in [1.165, 1.54) is 12.1 Å². The number of alkyl halides is 3. The molecule has 1 saturated carbocycles. The number of hydrogen-bond donors (Lipinski definition) is 1. The lowest BCUT2D eigenvalue weighted by molar-refractivity contribution is -0.137. The second kappa shape index (κ2) is 4.42. The molecule has 1 fully saturated rings. The summed E-state index contributed by atoms with van der Waals surface area (Å²) in [6, 6.07) is 4.34. The lowest BCUT2D eigenvalue weighted by Crippen LogP contribution is -2.22. The maximum atomic E-state index is 12.8. The molecule has 0 amide bonds. The van der Waals surface area contributed by atoms with Gasteiger partial charge >= 0.3 is 6.18 Å². The van der Waals surface area contributed by atoms with E-state index in [-0.39, 0.29) is 10.6 Å². The van der Waals surface area contributed by atoms with E-state index in [9.17, 15) is 13.2 Å². The van der Waals surface area contributed by atoms with Gasteiger partial charge in [-0.15, -0.1) is 0 Å². The third-order valence-corrected chi connectivity index (χ3v) is 3.30. The first kappa shape index (κ1) is 13.1. The SMILES string of the molecule is CN(c1ccc(C(F)(F)F)c(C(N)=S)c1)C1CC1. The van der Waals surface area contributed by atoms with Crippen molar-refractivity contribution in [2.75, 3.05) is 11.9 Å². The summed E-state index contributed by atoms with van der Waals surface area (Å²) in [5.74, 6) is 0. The molecule has 0 unspecified atom stereocenters. The van der Waals surface area contributed by atoms with Crippen LogP contribution in [0.3, 0.4) is 0 Å². The largest absolute Gasteiger partial charge is 0.417 e. The molecule has 2 rings (SSSR count). The van der Waals surface area contributed by atoms with E-state index in [1.54, 1.807) is 0 Å². The minimum absolute atomic E-state index is 0.109. The van der Waals surface area contributed by atoms with E-state index in [0.717, 1.165) is 18.9 Å². The van der Waals surface area contributed by atoms with Crippen LogP contribution in [-0.2, 0) is 6.18 Å². The zero-order chi connectivity index (χ0) is 13.5. The molecular weight excluding hydrogens is 261 g/mol. The highest BCUT2D eigenvalue weighted by Crippen LogP contribution is 2.36. The number of nitrogens with two attached hydrogens (primary N) is 1. The molecule has 1 aromatic rings. The van der Waals surface area contributed by atoms with Gasteiger partial charge in [0, 0.05) is 24.3 Å². The Morgan fingerprint density at radius 3 is 2.44 bits per heavy atom. The van der Waals surface area contributed by atoms with Crippen molar-refractivity contribution in [3.8, 4) is 0 Å². The van der Waals surface area contributed by atoms with Crippen molar-refractivity contribution in [1.82, 2.24) is 0 Å². The van der Waals surface area contributed by atoms with Crippen LogP contribution in [0.5, 0.6) is 0 Å². The van der Waals surface area contributed by atoms with Crippen LogP contribution in [0.4, 0.5) is 18.9 Å². The Bertz CT molecular complexity index is 481. The molecule has 98 valence electrons. The van der Waals surface area contributed by atoms with Crippen LogP contribution in [-0.4, -0.2) is 18.1 Å². The third kappa shape index (κ3) is 2.58. The van der Waals surface area contributed by atoms with E-state index in [2.05, 4.69) is 0 Å². The van der Waals surface area contributed by atoms with Crippen LogP contribution in [0.25, 0.3) is 0 Å². The van der Waals surface area contributed by atoms with Gasteiger partial charge in [0.2, 0.25) is 0 Å². The van der Waals surface area contributed by atoms with Crippen LogP contribution >= 0.6 is 12.2 Å². The number of benzene rings is 1. The fraction of sp³-hybridized carbons (Fsp3) is 0.417. The Morgan fingerprint density at radius 1 is 1.39 bits per heavy atom. The van der Waals surface area contributed by atoms with Gasteiger partial charge in [-0.3, -0.25) is 0 Å². The highest BCUT2D eigenvalue weighted by atomic mass is 32.1. The Hall–Kier alpha value is -1.30. The summed E-state index contributed by atoms with van der Waals surface area (Å²) in [6.07, 6.45) is -2.30. The van der Waals surface area contributed by atoms with Crippen LogP contribution in [0.1, 0.15) is 24.0 Å². The second-order valence-electron chi connectivity index (χ2n) is 4.43. The number of halogens is 3. The van der Waals surface area contributed by atoms with E-state index in [0.29, 0.717) is 11.7 Å². The van der Waals surface area contributed by atoms with E-state index < -0.39 is 11.7 Å². The summed E-state index contributed by atoms with van der Waals surface area (Å²) in [5, 5.41) is 0. The minimum atomic E-state index is -4.44. The van der Waals surface area contributed by atoms with Crippen molar-refractivity contribution in [2.45, 2.75) is 25.1 Å². The molecule has 0 aromatic heterocycles. The fourth-order valence-corrected chi connectivity index (χ4v) is 2.04. The quantitative estimate of drug-likeness (QED) is 0.859. The molecule has 0 aliphatic heterocycles. The lowest BCUT2D eigenvalue weighted by Gasteiger charge is -2.21. The van der Waals surface area contributed by atoms with Crippen molar-refractivity contribution < 1.29 is 13.2 Å². The Morgan fingerprint density at radius 2 is 2.00 bits per heavy atom. The molecule has 0 bridgehead atoms. The third-order valence-electron chi connectivity index (χ3n) is 3.08. The van der Waals surface area contributed by atoms with Crippen molar-refractivity contribution in [1.29, 1.82) is 0 Å². The summed E-state index contributed by atoms with van der Waals surface area (Å²) in [6.45, 7) is 0. The van der Waals surface area contributed by atoms with Crippen molar-refractivity contribution >= 4 is 22.9 Å². The smallest absolute Gasteiger partial charge is 0.389 e. The fourth-order valence-electron chi connectivity index (χ4n) is 1.88. The molecular formula is C12H13F3N2S. The van der Waals surface area contributed by atoms with Crippen molar-refractivity contribution in [2.24, 2.45) is 5.73 Å². The van der Waals surface area contributed by atoms with Gasteiger partial charge in [-0.1, -0.05) is 12.2 Å². The van der Waals surface area contributed by atoms with E-state index in [1.807, 2.05) is 11.9 Å². The topological polar surface area (TPSA) is 29.3 Å². The number of anilines is 1. The molecule has 18 heavy (non-hydrogen) atoms. The molecule has 0 radical (unpaired) electrons. The molecule has 1 aliphatic rings. The van der Waals surface area contributed by atoms with Gasteiger partial charge in [0.25, 0.3) is 0 Å². The van der Waals surface area contributed by atoms with Crippen LogP contribution in [0.2, 0.25) is 0 Å². The molecule has 0 heterocycles. The Balaban J connectivity index is 2.43. The van der Waals surface area contributed by atoms with Gasteiger partial charge in [0.1, 0.15) is 4.99 Å². The standard InChI is InChI=1S/C12H13F3N2S/c1-17(7-2-3-7)8-4-5-10(12(13,14)15)9(6-8)11(16)18/h4-7H,2-3H2,1H3,(H2,16,18). The summed E-state index contributed by atoms with van der Waals surface area (Å²) >= 11 is 4.71. The molecule has 1 aromatic carbocycles. The molecule has 0 saturated heterocycles. The van der Waals surface area contributed by atoms with Gasteiger partial charge in [0.15, 0.2) is 0 Å². The Kier molecular flexibility index (Phi) is 3.23. The molecule has 0 spiro atoms. The van der Waals surface area contributed by atoms with E-state index >= 15 is 0 Å². The van der Waals surface area contributed by atoms with E-state index in [4.69, 9.17) is 18.0 Å². The van der Waals surface area contributed by atoms with Crippen LogP contribution in [0, 0.1) is 0 Å². The highest BCUT2D eigenvalue weighted by Gasteiger charge is 2.35. The van der Waals surface area contributed by atoms with Crippen molar-refractivity contribution in [3.63, 3.8) is 0 Å². The number of rotatable bonds is 3. The zero-order valence-electron chi connectivity index (χ0n) is 9.79. The highest BCUT2D eigenvalue weighted by molar-refractivity contribution is 7.80. The maximum Gasteiger partial charge on any atom is 0.417 e. The Labute approximate surface area is 109 Å². The lowest BCUT2D eigenvalue weighted by atomic mass is 10.1. The normalized spacial score (nSPS) is 15.6. The summed E-state index contributed by atoms with van der Waals surface area (Å²) in [4.78, 5) is 1.73. The average molecular weight is 274 g/mol. The minimum Gasteiger partial charge on any atom is -0.389 e. The zero-order valence-corrected chi connectivity index (χ0v) is 10.6. The maximum absolute atomic E-state index is 12.8. The van der Waals surface area contributed by atoms with Crippen LogP contribution < -0.4 is 10.6 Å². The monoisotopic (exact) mass is 274 g/mol. The second-order valence-corrected chi connectivity index (χ2v) is 4.87. The van der Waals surface area contributed by atoms with Gasteiger partial charge in [0.05, 0.1) is 5.56 Å². The van der Waals surface area contributed by atoms with Gasteiger partial charge in [-0.05, 0) is 31.0 Å². The molecule has 0 atom stereocenters. The van der Waals surface area contributed by atoms with Crippen molar-refractivity contribution in [3.05, 3.63) is 29.3 Å². The first-order chi connectivity index (χ1) is 8.30. The predicted octanol–water partition coefficient (Wildman–Crippen LogP) is 2.94. The molecule has 6 heteroatoms. The first-order valence-electron chi connectivity index (χ1n) is 5.54. The van der Waals surface area contributed by atoms with Gasteiger partial charge < -0.3 is 10.6 Å². The number of nitrogens with zero attached hydrogens (tertiary/aromatic N) is 1. The van der Waals surface area contributed by atoms with Gasteiger partial charge in [-0.2, -0.15) is 13.2 Å².